The van der Waals surface area contributed by atoms with E-state index in [2.05, 4.69) is 15.4 Å². The van der Waals surface area contributed by atoms with Crippen LogP contribution in [0.15, 0.2) is 48.5 Å². The van der Waals surface area contributed by atoms with E-state index in [1.165, 1.54) is 30.0 Å². The lowest BCUT2D eigenvalue weighted by molar-refractivity contribution is -0.128. The quantitative estimate of drug-likeness (QED) is 0.717. The first-order valence-electron chi connectivity index (χ1n) is 8.89. The number of ether oxygens (including phenoxy) is 1. The molecular formula is C20H19F3N2O3S. The van der Waals surface area contributed by atoms with Crippen molar-refractivity contribution in [3.8, 4) is 5.75 Å². The molecule has 29 heavy (non-hydrogen) atoms. The first kappa shape index (κ1) is 21.0. The molecule has 1 fully saturated rings. The van der Waals surface area contributed by atoms with E-state index in [-0.39, 0.29) is 36.3 Å². The third-order valence-electron chi connectivity index (χ3n) is 4.37. The van der Waals surface area contributed by atoms with Crippen LogP contribution in [-0.2, 0) is 22.6 Å². The summed E-state index contributed by atoms with van der Waals surface area (Å²) in [6.07, 6.45) is 0.255. The molecule has 2 amide bonds. The first-order valence-corrected chi connectivity index (χ1v) is 9.94. The minimum absolute atomic E-state index is 0.0342. The molecule has 0 aromatic heterocycles. The fourth-order valence-corrected chi connectivity index (χ4v) is 4.03. The van der Waals surface area contributed by atoms with Crippen molar-refractivity contribution < 1.29 is 27.5 Å². The number of carbonyl (C=O) groups is 2. The van der Waals surface area contributed by atoms with Gasteiger partial charge in [0.25, 0.3) is 0 Å². The topological polar surface area (TPSA) is 67.4 Å². The first-order chi connectivity index (χ1) is 13.9. The van der Waals surface area contributed by atoms with Crippen LogP contribution in [-0.4, -0.2) is 35.5 Å². The molecule has 0 bridgehead atoms. The molecule has 9 heteroatoms. The summed E-state index contributed by atoms with van der Waals surface area (Å²) < 4.78 is 42.3. The smallest absolute Gasteiger partial charge is 0.387 e. The van der Waals surface area contributed by atoms with Crippen LogP contribution in [0.1, 0.15) is 11.1 Å². The summed E-state index contributed by atoms with van der Waals surface area (Å²) in [6.45, 7) is -2.71. The fourth-order valence-electron chi connectivity index (χ4n) is 2.85. The van der Waals surface area contributed by atoms with Gasteiger partial charge in [0.05, 0.1) is 5.25 Å². The highest BCUT2D eigenvalue weighted by atomic mass is 32.2. The molecule has 5 nitrogen and oxygen atoms in total. The summed E-state index contributed by atoms with van der Waals surface area (Å²) in [5.41, 5.74) is 1.16. The third-order valence-corrected chi connectivity index (χ3v) is 5.68. The average molecular weight is 424 g/mol. The molecule has 2 aromatic rings. The Kier molecular flexibility index (Phi) is 7.03. The summed E-state index contributed by atoms with van der Waals surface area (Å²) >= 11 is 1.31. The van der Waals surface area contributed by atoms with Crippen LogP contribution in [0.5, 0.6) is 5.75 Å². The van der Waals surface area contributed by atoms with Crippen LogP contribution in [0, 0.1) is 5.82 Å². The van der Waals surface area contributed by atoms with Crippen molar-refractivity contribution in [1.82, 2.24) is 10.6 Å². The summed E-state index contributed by atoms with van der Waals surface area (Å²) in [5.74, 6) is -0.600. The van der Waals surface area contributed by atoms with Crippen molar-refractivity contribution in [3.63, 3.8) is 0 Å². The predicted octanol–water partition coefficient (Wildman–Crippen LogP) is 2.89. The number of thioether (sulfide) groups is 1. The second-order valence-electron chi connectivity index (χ2n) is 6.42. The molecule has 2 N–H and O–H groups in total. The van der Waals surface area contributed by atoms with E-state index < -0.39 is 17.9 Å². The van der Waals surface area contributed by atoms with Gasteiger partial charge >= 0.3 is 6.61 Å². The third kappa shape index (κ3) is 5.90. The van der Waals surface area contributed by atoms with E-state index >= 15 is 0 Å². The van der Waals surface area contributed by atoms with Crippen molar-refractivity contribution >= 4 is 23.6 Å². The second-order valence-corrected chi connectivity index (χ2v) is 7.65. The van der Waals surface area contributed by atoms with E-state index in [0.717, 1.165) is 0 Å². The largest absolute Gasteiger partial charge is 0.435 e. The van der Waals surface area contributed by atoms with Gasteiger partial charge in [-0.05, 0) is 35.7 Å². The van der Waals surface area contributed by atoms with E-state index in [1.54, 1.807) is 30.3 Å². The van der Waals surface area contributed by atoms with Gasteiger partial charge < -0.3 is 15.4 Å². The highest BCUT2D eigenvalue weighted by Gasteiger charge is 2.32. The SMILES string of the molecule is O=C(NCc1ccc(OC(F)F)cc1)C1CSC(Cc2ccccc2F)C(=O)N1. The highest BCUT2D eigenvalue weighted by Crippen LogP contribution is 2.23. The van der Waals surface area contributed by atoms with Crippen LogP contribution >= 0.6 is 11.8 Å². The Morgan fingerprint density at radius 1 is 1.21 bits per heavy atom. The molecule has 1 aliphatic rings. The van der Waals surface area contributed by atoms with Gasteiger partial charge in [0.15, 0.2) is 0 Å². The Morgan fingerprint density at radius 2 is 1.93 bits per heavy atom. The normalized spacial score (nSPS) is 19.0. The number of benzene rings is 2. The number of hydrogen-bond donors (Lipinski definition) is 2. The maximum atomic E-state index is 13.8. The Morgan fingerprint density at radius 3 is 2.59 bits per heavy atom. The van der Waals surface area contributed by atoms with Crippen molar-refractivity contribution in [2.24, 2.45) is 0 Å². The number of rotatable bonds is 7. The number of nitrogens with one attached hydrogen (secondary N) is 2. The lowest BCUT2D eigenvalue weighted by Crippen LogP contribution is -2.54. The molecule has 2 aromatic carbocycles. The van der Waals surface area contributed by atoms with Crippen LogP contribution in [0.4, 0.5) is 13.2 Å². The monoisotopic (exact) mass is 424 g/mol. The summed E-state index contributed by atoms with van der Waals surface area (Å²) in [6, 6.07) is 11.5. The van der Waals surface area contributed by atoms with Crippen LogP contribution in [0.2, 0.25) is 0 Å². The molecule has 1 heterocycles. The van der Waals surface area contributed by atoms with Gasteiger partial charge in [-0.25, -0.2) is 4.39 Å². The van der Waals surface area contributed by atoms with Gasteiger partial charge in [-0.2, -0.15) is 8.78 Å². The van der Waals surface area contributed by atoms with Gasteiger partial charge in [0.2, 0.25) is 11.8 Å². The highest BCUT2D eigenvalue weighted by molar-refractivity contribution is 8.00. The van der Waals surface area contributed by atoms with Gasteiger partial charge in [-0.1, -0.05) is 30.3 Å². The van der Waals surface area contributed by atoms with E-state index in [0.29, 0.717) is 16.9 Å². The number of amides is 2. The van der Waals surface area contributed by atoms with Gasteiger partial charge in [0.1, 0.15) is 17.6 Å². The average Bonchev–Trinajstić information content (AvgIpc) is 2.70. The number of alkyl halides is 2. The van der Waals surface area contributed by atoms with Crippen LogP contribution in [0.3, 0.4) is 0 Å². The number of hydrogen-bond acceptors (Lipinski definition) is 4. The van der Waals surface area contributed by atoms with E-state index in [1.807, 2.05) is 0 Å². The molecule has 0 spiro atoms. The zero-order valence-electron chi connectivity index (χ0n) is 15.2. The van der Waals surface area contributed by atoms with Crippen LogP contribution < -0.4 is 15.4 Å². The van der Waals surface area contributed by atoms with Crippen LogP contribution in [0.25, 0.3) is 0 Å². The van der Waals surface area contributed by atoms with Crippen molar-refractivity contribution in [2.45, 2.75) is 30.9 Å². The zero-order valence-corrected chi connectivity index (χ0v) is 16.1. The van der Waals surface area contributed by atoms with Gasteiger partial charge in [0, 0.05) is 12.3 Å². The van der Waals surface area contributed by atoms with Crippen molar-refractivity contribution in [2.75, 3.05) is 5.75 Å². The van der Waals surface area contributed by atoms with Crippen molar-refractivity contribution in [3.05, 3.63) is 65.5 Å². The molecule has 2 unspecified atom stereocenters. The Labute approximate surface area is 170 Å². The summed E-state index contributed by atoms with van der Waals surface area (Å²) in [5, 5.41) is 4.92. The summed E-state index contributed by atoms with van der Waals surface area (Å²) in [7, 11) is 0. The second kappa shape index (κ2) is 9.69. The standard InChI is InChI=1S/C20H19F3N2O3S/c21-15-4-2-1-3-13(15)9-17-19(27)25-16(11-29-17)18(26)24-10-12-5-7-14(8-6-12)28-20(22)23/h1-8,16-17,20H,9-11H2,(H,24,26)(H,25,27). The fraction of sp³-hybridized carbons (Fsp3) is 0.300. The molecular weight excluding hydrogens is 405 g/mol. The molecule has 0 radical (unpaired) electrons. The number of halogens is 3. The van der Waals surface area contributed by atoms with Gasteiger partial charge in [-0.15, -0.1) is 11.8 Å². The Hall–Kier alpha value is -2.68. The molecule has 0 saturated carbocycles. The lowest BCUT2D eigenvalue weighted by Gasteiger charge is -2.28. The van der Waals surface area contributed by atoms with E-state index in [9.17, 15) is 22.8 Å². The maximum absolute atomic E-state index is 13.8. The lowest BCUT2D eigenvalue weighted by atomic mass is 10.1. The molecule has 0 aliphatic carbocycles. The minimum Gasteiger partial charge on any atom is -0.435 e. The van der Waals surface area contributed by atoms with Gasteiger partial charge in [-0.3, -0.25) is 9.59 Å². The predicted molar refractivity (Wildman–Crippen MR) is 103 cm³/mol. The Balaban J connectivity index is 1.48. The molecule has 1 aliphatic heterocycles. The zero-order chi connectivity index (χ0) is 20.8. The molecule has 3 rings (SSSR count). The molecule has 1 saturated heterocycles. The maximum Gasteiger partial charge on any atom is 0.387 e. The van der Waals surface area contributed by atoms with Crippen molar-refractivity contribution in [1.29, 1.82) is 0 Å². The molecule has 2 atom stereocenters. The van der Waals surface area contributed by atoms with E-state index in [4.69, 9.17) is 0 Å². The number of carbonyl (C=O) groups excluding carboxylic acids is 2. The minimum atomic E-state index is -2.89. The summed E-state index contributed by atoms with van der Waals surface area (Å²) in [4.78, 5) is 24.6. The molecule has 154 valence electrons. The Bertz CT molecular complexity index is 864.